The summed E-state index contributed by atoms with van der Waals surface area (Å²) in [5, 5.41) is 3.65. The summed E-state index contributed by atoms with van der Waals surface area (Å²) in [6.45, 7) is 0.605. The Labute approximate surface area is 169 Å². The van der Waals surface area contributed by atoms with Crippen molar-refractivity contribution < 1.29 is 9.53 Å². The minimum absolute atomic E-state index is 0.177. The van der Waals surface area contributed by atoms with E-state index >= 15 is 0 Å². The lowest BCUT2D eigenvalue weighted by Crippen LogP contribution is -2.43. The molecule has 1 atom stereocenters. The van der Waals surface area contributed by atoms with E-state index in [2.05, 4.69) is 17.4 Å². The Kier molecular flexibility index (Phi) is 5.22. The molecule has 0 radical (unpaired) electrons. The van der Waals surface area contributed by atoms with Crippen LogP contribution in [0.2, 0.25) is 5.02 Å². The third-order valence-corrected chi connectivity index (χ3v) is 5.44. The van der Waals surface area contributed by atoms with Gasteiger partial charge in [0.15, 0.2) is 0 Å². The summed E-state index contributed by atoms with van der Waals surface area (Å²) >= 11 is 6.52. The Morgan fingerprint density at radius 1 is 1.00 bits per heavy atom. The molecule has 142 valence electrons. The minimum Gasteiger partial charge on any atom is -0.495 e. The van der Waals surface area contributed by atoms with Gasteiger partial charge in [0.25, 0.3) is 0 Å². The standard InChI is InChI=1S/C23H21ClN2O2/c1-28-21-13-7-6-12-20(21)25-23(27)26-15-14-16-8-2-3-9-17(16)22(26)18-10-4-5-11-19(18)24/h2-13,22H,14-15H2,1H3,(H,25,27). The average molecular weight is 393 g/mol. The molecule has 0 saturated heterocycles. The number of carbonyl (C=O) groups is 1. The van der Waals surface area contributed by atoms with E-state index in [1.165, 1.54) is 5.56 Å². The van der Waals surface area contributed by atoms with Crippen LogP contribution in [0.15, 0.2) is 72.8 Å². The first-order valence-corrected chi connectivity index (χ1v) is 9.59. The van der Waals surface area contributed by atoms with Crippen LogP contribution >= 0.6 is 11.6 Å². The van der Waals surface area contributed by atoms with Crippen LogP contribution in [0.3, 0.4) is 0 Å². The van der Waals surface area contributed by atoms with Crippen LogP contribution in [0, 0.1) is 0 Å². The molecule has 4 nitrogen and oxygen atoms in total. The molecule has 1 unspecified atom stereocenters. The van der Waals surface area contributed by atoms with Crippen molar-refractivity contribution in [1.82, 2.24) is 4.90 Å². The molecule has 28 heavy (non-hydrogen) atoms. The van der Waals surface area contributed by atoms with Gasteiger partial charge < -0.3 is 15.0 Å². The van der Waals surface area contributed by atoms with E-state index in [1.54, 1.807) is 7.11 Å². The van der Waals surface area contributed by atoms with Crippen LogP contribution in [0.5, 0.6) is 5.75 Å². The molecular weight excluding hydrogens is 372 g/mol. The van der Waals surface area contributed by atoms with E-state index in [0.717, 1.165) is 17.5 Å². The Balaban J connectivity index is 1.73. The molecular formula is C23H21ClN2O2. The summed E-state index contributed by atoms with van der Waals surface area (Å²) in [5.74, 6) is 0.627. The molecule has 0 aliphatic carbocycles. The highest BCUT2D eigenvalue weighted by Crippen LogP contribution is 2.38. The Hall–Kier alpha value is -2.98. The van der Waals surface area contributed by atoms with Gasteiger partial charge in [-0.25, -0.2) is 4.79 Å². The van der Waals surface area contributed by atoms with E-state index in [9.17, 15) is 4.79 Å². The zero-order valence-corrected chi connectivity index (χ0v) is 16.3. The molecule has 0 saturated carbocycles. The molecule has 0 aromatic heterocycles. The van der Waals surface area contributed by atoms with Crippen LogP contribution in [0.4, 0.5) is 10.5 Å². The van der Waals surface area contributed by atoms with E-state index in [-0.39, 0.29) is 12.1 Å². The smallest absolute Gasteiger partial charge is 0.322 e. The average Bonchev–Trinajstić information content (AvgIpc) is 2.74. The molecule has 1 N–H and O–H groups in total. The lowest BCUT2D eigenvalue weighted by Gasteiger charge is -2.38. The fraction of sp³-hybridized carbons (Fsp3) is 0.174. The number of urea groups is 1. The molecule has 4 rings (SSSR count). The highest BCUT2D eigenvalue weighted by atomic mass is 35.5. The van der Waals surface area contributed by atoms with Crippen LogP contribution in [-0.2, 0) is 6.42 Å². The summed E-state index contributed by atoms with van der Waals surface area (Å²) in [6.07, 6.45) is 0.802. The zero-order chi connectivity index (χ0) is 19.5. The van der Waals surface area contributed by atoms with Crippen LogP contribution in [0.25, 0.3) is 0 Å². The van der Waals surface area contributed by atoms with Gasteiger partial charge in [-0.05, 0) is 41.3 Å². The number of benzene rings is 3. The van der Waals surface area contributed by atoms with Gasteiger partial charge in [0.2, 0.25) is 0 Å². The molecule has 5 heteroatoms. The van der Waals surface area contributed by atoms with Crippen molar-refractivity contribution in [1.29, 1.82) is 0 Å². The fourth-order valence-electron chi connectivity index (χ4n) is 3.75. The van der Waals surface area contributed by atoms with E-state index in [4.69, 9.17) is 16.3 Å². The van der Waals surface area contributed by atoms with Gasteiger partial charge in [-0.3, -0.25) is 0 Å². The summed E-state index contributed by atoms with van der Waals surface area (Å²) < 4.78 is 5.37. The quantitative estimate of drug-likeness (QED) is 0.636. The van der Waals surface area contributed by atoms with E-state index in [1.807, 2.05) is 65.6 Å². The van der Waals surface area contributed by atoms with E-state index in [0.29, 0.717) is 23.0 Å². The summed E-state index contributed by atoms with van der Waals surface area (Å²) in [4.78, 5) is 15.1. The van der Waals surface area contributed by atoms with Crippen LogP contribution < -0.4 is 10.1 Å². The molecule has 3 aromatic rings. The van der Waals surface area contributed by atoms with Crippen molar-refractivity contribution in [3.8, 4) is 5.75 Å². The zero-order valence-electron chi connectivity index (χ0n) is 15.6. The van der Waals surface area contributed by atoms with Crippen molar-refractivity contribution in [2.45, 2.75) is 12.5 Å². The number of carbonyl (C=O) groups excluding carboxylic acids is 1. The number of halogens is 1. The normalized spacial score (nSPS) is 15.6. The van der Waals surface area contributed by atoms with Gasteiger partial charge in [0, 0.05) is 11.6 Å². The number of nitrogens with one attached hydrogen (secondary N) is 1. The van der Waals surface area contributed by atoms with Crippen LogP contribution in [0.1, 0.15) is 22.7 Å². The number of hydrogen-bond acceptors (Lipinski definition) is 2. The Morgan fingerprint density at radius 2 is 1.68 bits per heavy atom. The lowest BCUT2D eigenvalue weighted by atomic mass is 9.88. The first-order valence-electron chi connectivity index (χ1n) is 9.22. The van der Waals surface area contributed by atoms with Crippen molar-refractivity contribution in [2.75, 3.05) is 19.0 Å². The minimum atomic E-state index is -0.242. The summed E-state index contributed by atoms with van der Waals surface area (Å²) in [5.41, 5.74) is 3.92. The Morgan fingerprint density at radius 3 is 2.46 bits per heavy atom. The number of fused-ring (bicyclic) bond motifs is 1. The first-order chi connectivity index (χ1) is 13.7. The van der Waals surface area contributed by atoms with E-state index < -0.39 is 0 Å². The van der Waals surface area contributed by atoms with Gasteiger partial charge >= 0.3 is 6.03 Å². The van der Waals surface area contributed by atoms with Gasteiger partial charge in [-0.1, -0.05) is 66.2 Å². The number of nitrogens with zero attached hydrogens (tertiary/aromatic N) is 1. The van der Waals surface area contributed by atoms with Gasteiger partial charge in [-0.2, -0.15) is 0 Å². The number of anilines is 1. The third kappa shape index (κ3) is 3.43. The summed E-state index contributed by atoms with van der Waals surface area (Å²) in [7, 11) is 1.59. The third-order valence-electron chi connectivity index (χ3n) is 5.09. The van der Waals surface area contributed by atoms with Crippen molar-refractivity contribution in [2.24, 2.45) is 0 Å². The highest BCUT2D eigenvalue weighted by molar-refractivity contribution is 6.31. The molecule has 0 spiro atoms. The van der Waals surface area contributed by atoms with Gasteiger partial charge in [0.05, 0.1) is 18.8 Å². The Bertz CT molecular complexity index is 1010. The second-order valence-corrected chi connectivity index (χ2v) is 7.10. The number of rotatable bonds is 3. The largest absolute Gasteiger partial charge is 0.495 e. The monoisotopic (exact) mass is 392 g/mol. The van der Waals surface area contributed by atoms with Crippen LogP contribution in [-0.4, -0.2) is 24.6 Å². The number of amides is 2. The second-order valence-electron chi connectivity index (χ2n) is 6.70. The number of ether oxygens (including phenoxy) is 1. The lowest BCUT2D eigenvalue weighted by molar-refractivity contribution is 0.194. The summed E-state index contributed by atoms with van der Waals surface area (Å²) in [6, 6.07) is 22.9. The van der Waals surface area contributed by atoms with Crippen molar-refractivity contribution in [3.05, 3.63) is 94.5 Å². The van der Waals surface area contributed by atoms with Crippen molar-refractivity contribution >= 4 is 23.3 Å². The second kappa shape index (κ2) is 7.95. The molecule has 2 amide bonds. The van der Waals surface area contributed by atoms with Gasteiger partial charge in [0.1, 0.15) is 5.75 Å². The topological polar surface area (TPSA) is 41.6 Å². The predicted octanol–water partition coefficient (Wildman–Crippen LogP) is 5.53. The van der Waals surface area contributed by atoms with Crippen molar-refractivity contribution in [3.63, 3.8) is 0 Å². The molecule has 0 fully saturated rings. The molecule has 1 heterocycles. The maximum absolute atomic E-state index is 13.3. The number of para-hydroxylation sites is 2. The molecule has 0 bridgehead atoms. The van der Waals surface area contributed by atoms with Gasteiger partial charge in [-0.15, -0.1) is 0 Å². The number of methoxy groups -OCH3 is 1. The fourth-order valence-corrected chi connectivity index (χ4v) is 3.99. The SMILES string of the molecule is COc1ccccc1NC(=O)N1CCc2ccccc2C1c1ccccc1Cl. The predicted molar refractivity (Wildman–Crippen MR) is 112 cm³/mol. The molecule has 1 aliphatic rings. The highest BCUT2D eigenvalue weighted by Gasteiger charge is 2.33. The maximum atomic E-state index is 13.3. The molecule has 1 aliphatic heterocycles. The first kappa shape index (κ1) is 18.4. The number of hydrogen-bond donors (Lipinski definition) is 1. The molecule has 3 aromatic carbocycles. The maximum Gasteiger partial charge on any atom is 0.322 e.